The number of nitrogens with one attached hydrogen (secondary N) is 2. The third-order valence-corrected chi connectivity index (χ3v) is 4.53. The van der Waals surface area contributed by atoms with Crippen molar-refractivity contribution in [1.82, 2.24) is 10.2 Å². The zero-order valence-corrected chi connectivity index (χ0v) is 12.1. The molecule has 0 spiro atoms. The molecule has 0 aromatic heterocycles. The van der Waals surface area contributed by atoms with Crippen molar-refractivity contribution in [3.05, 3.63) is 30.1 Å². The molecular weight excluding hydrogens is 269 g/mol. The minimum absolute atomic E-state index is 0.0605. The molecule has 2 aliphatic heterocycles. The zero-order valence-electron chi connectivity index (χ0n) is 12.1. The van der Waals surface area contributed by atoms with Gasteiger partial charge in [-0.2, -0.15) is 0 Å². The lowest BCUT2D eigenvalue weighted by Gasteiger charge is -2.34. The van der Waals surface area contributed by atoms with E-state index in [4.69, 9.17) is 0 Å². The first-order valence-corrected chi connectivity index (χ1v) is 7.78. The van der Waals surface area contributed by atoms with Crippen LogP contribution in [-0.2, 0) is 0 Å². The maximum absolute atomic E-state index is 12.9. The van der Waals surface area contributed by atoms with Gasteiger partial charge < -0.3 is 15.5 Å². The number of hydrogen-bond acceptors (Lipinski definition) is 2. The van der Waals surface area contributed by atoms with Crippen LogP contribution in [0.15, 0.2) is 24.3 Å². The molecule has 0 bridgehead atoms. The summed E-state index contributed by atoms with van der Waals surface area (Å²) in [5.74, 6) is 0.264. The van der Waals surface area contributed by atoms with E-state index in [0.717, 1.165) is 32.5 Å². The molecule has 1 aromatic carbocycles. The Hall–Kier alpha value is -1.62. The number of hydrogen-bond donors (Lipinski definition) is 2. The summed E-state index contributed by atoms with van der Waals surface area (Å²) in [6.07, 6.45) is 4.54. The second kappa shape index (κ2) is 6.43. The van der Waals surface area contributed by atoms with E-state index < -0.39 is 0 Å². The largest absolute Gasteiger partial charge is 0.322 e. The molecule has 0 radical (unpaired) electrons. The van der Waals surface area contributed by atoms with Crippen molar-refractivity contribution in [2.45, 2.75) is 31.7 Å². The first kappa shape index (κ1) is 14.3. The van der Waals surface area contributed by atoms with Gasteiger partial charge in [0.1, 0.15) is 5.82 Å². The van der Waals surface area contributed by atoms with Crippen molar-refractivity contribution >= 4 is 11.7 Å². The Balaban J connectivity index is 1.63. The van der Waals surface area contributed by atoms with Crippen molar-refractivity contribution in [2.24, 2.45) is 5.92 Å². The van der Waals surface area contributed by atoms with Gasteiger partial charge in [0.05, 0.1) is 0 Å². The fourth-order valence-electron chi connectivity index (χ4n) is 3.47. The standard InChI is InChI=1S/C16H22FN3O/c17-13-5-7-14(8-6-13)19-16(21)20-10-2-4-15(20)12-3-1-9-18-11-12/h5-8,12,15,18H,1-4,9-11H2,(H,19,21). The fraction of sp³-hybridized carbons (Fsp3) is 0.562. The highest BCUT2D eigenvalue weighted by molar-refractivity contribution is 5.89. The molecule has 4 nitrogen and oxygen atoms in total. The van der Waals surface area contributed by atoms with E-state index in [-0.39, 0.29) is 11.8 Å². The van der Waals surface area contributed by atoms with Crippen molar-refractivity contribution in [3.8, 4) is 0 Å². The topological polar surface area (TPSA) is 44.4 Å². The van der Waals surface area contributed by atoms with E-state index in [1.165, 1.54) is 25.0 Å². The van der Waals surface area contributed by atoms with Gasteiger partial charge in [-0.15, -0.1) is 0 Å². The molecule has 1 aromatic rings. The van der Waals surface area contributed by atoms with Crippen LogP contribution in [0.4, 0.5) is 14.9 Å². The number of likely N-dealkylation sites (tertiary alicyclic amines) is 1. The molecule has 2 amide bonds. The highest BCUT2D eigenvalue weighted by Crippen LogP contribution is 2.28. The number of urea groups is 1. The number of nitrogens with zero attached hydrogens (tertiary/aromatic N) is 1. The lowest BCUT2D eigenvalue weighted by atomic mass is 9.90. The average molecular weight is 291 g/mol. The van der Waals surface area contributed by atoms with E-state index in [1.807, 2.05) is 4.90 Å². The van der Waals surface area contributed by atoms with Crippen molar-refractivity contribution in [1.29, 1.82) is 0 Å². The Kier molecular flexibility index (Phi) is 4.39. The molecule has 2 fully saturated rings. The van der Waals surface area contributed by atoms with Crippen LogP contribution in [0, 0.1) is 11.7 Å². The molecule has 2 aliphatic rings. The normalized spacial score (nSPS) is 25.9. The number of carbonyl (C=O) groups excluding carboxylic acids is 1. The Morgan fingerprint density at radius 3 is 2.76 bits per heavy atom. The van der Waals surface area contributed by atoms with Crippen LogP contribution in [0.25, 0.3) is 0 Å². The quantitative estimate of drug-likeness (QED) is 0.880. The van der Waals surface area contributed by atoms with Gasteiger partial charge in [0.25, 0.3) is 0 Å². The third-order valence-electron chi connectivity index (χ3n) is 4.53. The summed E-state index contributed by atoms with van der Waals surface area (Å²) in [6.45, 7) is 2.91. The Morgan fingerprint density at radius 1 is 1.24 bits per heavy atom. The van der Waals surface area contributed by atoms with E-state index in [1.54, 1.807) is 12.1 Å². The van der Waals surface area contributed by atoms with Crippen LogP contribution in [-0.4, -0.2) is 36.6 Å². The summed E-state index contributed by atoms with van der Waals surface area (Å²) in [5, 5.41) is 6.31. The van der Waals surface area contributed by atoms with Gasteiger partial charge in [-0.05, 0) is 69.0 Å². The SMILES string of the molecule is O=C(Nc1ccc(F)cc1)N1CCCC1C1CCCNC1. The predicted octanol–water partition coefficient (Wildman–Crippen LogP) is 2.82. The van der Waals surface area contributed by atoms with Crippen LogP contribution < -0.4 is 10.6 Å². The minimum Gasteiger partial charge on any atom is -0.321 e. The highest BCUT2D eigenvalue weighted by atomic mass is 19.1. The van der Waals surface area contributed by atoms with Crippen LogP contribution >= 0.6 is 0 Å². The lowest BCUT2D eigenvalue weighted by Crippen LogP contribution is -2.47. The smallest absolute Gasteiger partial charge is 0.321 e. The number of rotatable bonds is 2. The first-order valence-electron chi connectivity index (χ1n) is 7.78. The van der Waals surface area contributed by atoms with Gasteiger partial charge in [0, 0.05) is 18.3 Å². The Bertz CT molecular complexity index is 485. The van der Waals surface area contributed by atoms with Gasteiger partial charge in [-0.1, -0.05) is 0 Å². The number of halogens is 1. The molecule has 21 heavy (non-hydrogen) atoms. The monoisotopic (exact) mass is 291 g/mol. The summed E-state index contributed by atoms with van der Waals surface area (Å²) in [7, 11) is 0. The number of piperidine rings is 1. The second-order valence-electron chi connectivity index (χ2n) is 5.95. The molecule has 2 atom stereocenters. The van der Waals surface area contributed by atoms with Crippen LogP contribution in [0.5, 0.6) is 0 Å². The van der Waals surface area contributed by atoms with Crippen LogP contribution in [0.1, 0.15) is 25.7 Å². The first-order chi connectivity index (χ1) is 10.2. The van der Waals surface area contributed by atoms with Crippen molar-refractivity contribution in [2.75, 3.05) is 25.0 Å². The molecular formula is C16H22FN3O. The van der Waals surface area contributed by atoms with E-state index >= 15 is 0 Å². The molecule has 0 saturated carbocycles. The third kappa shape index (κ3) is 3.35. The second-order valence-corrected chi connectivity index (χ2v) is 5.95. The summed E-state index contributed by atoms with van der Waals surface area (Å²) in [6, 6.07) is 6.19. The molecule has 3 rings (SSSR count). The van der Waals surface area contributed by atoms with E-state index in [9.17, 15) is 9.18 Å². The van der Waals surface area contributed by atoms with Gasteiger partial charge in [-0.25, -0.2) is 9.18 Å². The van der Waals surface area contributed by atoms with E-state index in [0.29, 0.717) is 17.6 Å². The molecule has 0 aliphatic carbocycles. The lowest BCUT2D eigenvalue weighted by molar-refractivity contribution is 0.172. The fourth-order valence-corrected chi connectivity index (χ4v) is 3.47. The summed E-state index contributed by atoms with van der Waals surface area (Å²) < 4.78 is 12.9. The average Bonchev–Trinajstić information content (AvgIpc) is 3.00. The number of benzene rings is 1. The predicted molar refractivity (Wildman–Crippen MR) is 80.7 cm³/mol. The van der Waals surface area contributed by atoms with Crippen molar-refractivity contribution < 1.29 is 9.18 Å². The molecule has 2 heterocycles. The van der Waals surface area contributed by atoms with Crippen LogP contribution in [0.3, 0.4) is 0 Å². The van der Waals surface area contributed by atoms with Crippen LogP contribution in [0.2, 0.25) is 0 Å². The highest BCUT2D eigenvalue weighted by Gasteiger charge is 2.35. The van der Waals surface area contributed by atoms with E-state index in [2.05, 4.69) is 10.6 Å². The molecule has 2 unspecified atom stereocenters. The molecule has 114 valence electrons. The molecule has 5 heteroatoms. The number of carbonyl (C=O) groups is 1. The zero-order chi connectivity index (χ0) is 14.7. The summed E-state index contributed by atoms with van der Waals surface area (Å²) >= 11 is 0. The van der Waals surface area contributed by atoms with Gasteiger partial charge >= 0.3 is 6.03 Å². The maximum Gasteiger partial charge on any atom is 0.322 e. The number of anilines is 1. The van der Waals surface area contributed by atoms with Gasteiger partial charge in [0.15, 0.2) is 0 Å². The summed E-state index contributed by atoms with van der Waals surface area (Å²) in [4.78, 5) is 14.4. The molecule has 2 N–H and O–H groups in total. The van der Waals surface area contributed by atoms with Crippen molar-refractivity contribution in [3.63, 3.8) is 0 Å². The van der Waals surface area contributed by atoms with Gasteiger partial charge in [-0.3, -0.25) is 0 Å². The Morgan fingerprint density at radius 2 is 2.05 bits per heavy atom. The molecule has 2 saturated heterocycles. The minimum atomic E-state index is -0.291. The number of amides is 2. The maximum atomic E-state index is 12.9. The summed E-state index contributed by atoms with van der Waals surface area (Å²) in [5.41, 5.74) is 0.647. The van der Waals surface area contributed by atoms with Gasteiger partial charge in [0.2, 0.25) is 0 Å². The Labute approximate surface area is 124 Å².